The molecule has 0 aromatic heterocycles. The first-order valence-electron chi connectivity index (χ1n) is 13.8. The first-order chi connectivity index (χ1) is 16.2. The number of aliphatic hydroxyl groups is 1. The fourth-order valence-corrected chi connectivity index (χ4v) is 2.69. The highest BCUT2D eigenvalue weighted by Gasteiger charge is 2.17. The van der Waals surface area contributed by atoms with Crippen molar-refractivity contribution in [1.29, 1.82) is 0 Å². The van der Waals surface area contributed by atoms with E-state index < -0.39 is 59.1 Å². The summed E-state index contributed by atoms with van der Waals surface area (Å²) in [6, 6.07) is 0. The van der Waals surface area contributed by atoms with Gasteiger partial charge in [0.2, 0.25) is 0 Å². The molecule has 0 aromatic carbocycles. The molecule has 0 spiro atoms. The maximum Gasteiger partial charge on any atom is 0.469 e. The molecule has 0 aliphatic rings. The van der Waals surface area contributed by atoms with Crippen molar-refractivity contribution in [3.05, 3.63) is 0 Å². The van der Waals surface area contributed by atoms with E-state index in [4.69, 9.17) is 26.9 Å². The Labute approximate surface area is 176 Å². The van der Waals surface area contributed by atoms with Crippen molar-refractivity contribution in [2.45, 2.75) is 103 Å². The normalized spacial score (nSPS) is 19.9. The SMILES string of the molecule is [2H]C([2H])([2H])C([2H])([2H])C([2H])([2H])C([2H])([2H])CCCCCCCCCCCC(=O)OC[C@@H](O)COP(=O)(O)O. The Morgan fingerprint density at radius 1 is 0.963 bits per heavy atom. The molecule has 0 fully saturated rings. The second kappa shape index (κ2) is 17.6. The summed E-state index contributed by atoms with van der Waals surface area (Å²) in [4.78, 5) is 28.6. The Hall–Kier alpha value is -0.460. The lowest BCUT2D eigenvalue weighted by atomic mass is 10.0. The fourth-order valence-electron chi connectivity index (χ4n) is 2.32. The van der Waals surface area contributed by atoms with E-state index in [2.05, 4.69) is 4.52 Å². The lowest BCUT2D eigenvalue weighted by molar-refractivity contribution is -0.147. The first-order valence-corrected chi connectivity index (χ1v) is 10.8. The average molecular weight is 420 g/mol. The Morgan fingerprint density at radius 3 is 2.07 bits per heavy atom. The van der Waals surface area contributed by atoms with Crippen molar-refractivity contribution in [1.82, 2.24) is 0 Å². The van der Waals surface area contributed by atoms with Crippen LogP contribution in [0.15, 0.2) is 0 Å². The molecule has 0 saturated carbocycles. The topological polar surface area (TPSA) is 113 Å². The maximum absolute atomic E-state index is 11.6. The molecule has 162 valence electrons. The van der Waals surface area contributed by atoms with Gasteiger partial charge < -0.3 is 19.6 Å². The van der Waals surface area contributed by atoms with Gasteiger partial charge in [-0.2, -0.15) is 0 Å². The molecule has 0 amide bonds. The maximum atomic E-state index is 11.6. The Bertz CT molecular complexity index is 699. The van der Waals surface area contributed by atoms with Gasteiger partial charge in [-0.3, -0.25) is 9.32 Å². The molecule has 0 bridgehead atoms. The lowest BCUT2D eigenvalue weighted by Gasteiger charge is -2.12. The predicted octanol–water partition coefficient (Wildman–Crippen LogP) is 4.48. The molecule has 0 aromatic rings. The van der Waals surface area contributed by atoms with Crippen molar-refractivity contribution in [3.63, 3.8) is 0 Å². The van der Waals surface area contributed by atoms with Gasteiger partial charge in [0.05, 0.1) is 6.61 Å². The Kier molecular flexibility index (Phi) is 9.47. The second-order valence-corrected chi connectivity index (χ2v) is 7.47. The van der Waals surface area contributed by atoms with Gasteiger partial charge in [-0.25, -0.2) is 4.57 Å². The van der Waals surface area contributed by atoms with Gasteiger partial charge in [0.15, 0.2) is 0 Å². The van der Waals surface area contributed by atoms with Crippen LogP contribution in [0.25, 0.3) is 0 Å². The van der Waals surface area contributed by atoms with Gasteiger partial charge in [0.1, 0.15) is 12.7 Å². The molecule has 0 unspecified atom stereocenters. The summed E-state index contributed by atoms with van der Waals surface area (Å²) in [6.45, 7) is -4.35. The zero-order chi connectivity index (χ0) is 28.3. The summed E-state index contributed by atoms with van der Waals surface area (Å²) >= 11 is 0. The summed E-state index contributed by atoms with van der Waals surface area (Å²) < 4.78 is 87.7. The minimum atomic E-state index is -4.69. The van der Waals surface area contributed by atoms with Gasteiger partial charge in [0.25, 0.3) is 0 Å². The van der Waals surface area contributed by atoms with E-state index in [-0.39, 0.29) is 12.8 Å². The number of phosphoric ester groups is 1. The van der Waals surface area contributed by atoms with E-state index in [0.29, 0.717) is 19.3 Å². The van der Waals surface area contributed by atoms with Crippen molar-refractivity contribution in [2.75, 3.05) is 13.2 Å². The quantitative estimate of drug-likeness (QED) is 0.161. The van der Waals surface area contributed by atoms with Gasteiger partial charge >= 0.3 is 13.8 Å². The number of ether oxygens (including phenoxy) is 1. The highest BCUT2D eigenvalue weighted by atomic mass is 31.2. The third-order valence-corrected chi connectivity index (χ3v) is 4.19. The van der Waals surface area contributed by atoms with Crippen LogP contribution in [0.3, 0.4) is 0 Å². The predicted molar refractivity (Wildman–Crippen MR) is 105 cm³/mol. The number of aliphatic hydroxyl groups excluding tert-OH is 1. The van der Waals surface area contributed by atoms with Gasteiger partial charge in [-0.1, -0.05) is 83.8 Å². The number of phosphoric acid groups is 1. The third-order valence-electron chi connectivity index (χ3n) is 3.71. The zero-order valence-corrected chi connectivity index (χ0v) is 16.6. The van der Waals surface area contributed by atoms with Crippen LogP contribution in [0.4, 0.5) is 0 Å². The van der Waals surface area contributed by atoms with Crippen molar-refractivity contribution in [3.8, 4) is 0 Å². The molecule has 0 radical (unpaired) electrons. The van der Waals surface area contributed by atoms with E-state index in [9.17, 15) is 14.5 Å². The standard InChI is InChI=1S/C19H39O7P/c1-2-3-4-5-6-7-8-9-10-11-12-13-14-15-19(21)25-16-18(20)17-26-27(22,23)24/h18,20H,2-17H2,1H3,(H2,22,23,24)/t18-/m1/s1/i1D3,2D2,3D2,4D2. The zero-order valence-electron chi connectivity index (χ0n) is 24.7. The highest BCUT2D eigenvalue weighted by molar-refractivity contribution is 7.46. The van der Waals surface area contributed by atoms with Crippen LogP contribution in [0.2, 0.25) is 0 Å². The van der Waals surface area contributed by atoms with E-state index in [1.165, 1.54) is 0 Å². The van der Waals surface area contributed by atoms with E-state index in [1.807, 2.05) is 0 Å². The van der Waals surface area contributed by atoms with E-state index in [1.54, 1.807) is 0 Å². The number of esters is 1. The van der Waals surface area contributed by atoms with Crippen LogP contribution in [-0.2, 0) is 18.6 Å². The number of carbonyl (C=O) groups is 1. The van der Waals surface area contributed by atoms with Gasteiger partial charge in [-0.15, -0.1) is 0 Å². The molecule has 3 N–H and O–H groups in total. The summed E-state index contributed by atoms with van der Waals surface area (Å²) in [5.41, 5.74) is 0. The van der Waals surface area contributed by atoms with Crippen molar-refractivity contribution in [2.24, 2.45) is 0 Å². The van der Waals surface area contributed by atoms with Crippen LogP contribution in [-0.4, -0.2) is 40.2 Å². The van der Waals surface area contributed by atoms with Crippen LogP contribution in [0.5, 0.6) is 0 Å². The molecule has 0 heterocycles. The van der Waals surface area contributed by atoms with Crippen molar-refractivity contribution >= 4 is 13.8 Å². The summed E-state index contributed by atoms with van der Waals surface area (Å²) in [5.74, 6) is -0.526. The summed E-state index contributed by atoms with van der Waals surface area (Å²) in [6.07, 6.45) is -3.86. The molecule has 0 rings (SSSR count). The van der Waals surface area contributed by atoms with Gasteiger partial charge in [0, 0.05) is 18.8 Å². The van der Waals surface area contributed by atoms with Crippen LogP contribution in [0, 0.1) is 0 Å². The largest absolute Gasteiger partial charge is 0.469 e. The molecule has 7 nitrogen and oxygen atoms in total. The Balaban J connectivity index is 3.89. The minimum Gasteiger partial charge on any atom is -0.463 e. The van der Waals surface area contributed by atoms with E-state index in [0.717, 1.165) is 38.5 Å². The lowest BCUT2D eigenvalue weighted by Crippen LogP contribution is -2.23. The number of hydrogen-bond acceptors (Lipinski definition) is 5. The van der Waals surface area contributed by atoms with Gasteiger partial charge in [-0.05, 0) is 6.42 Å². The minimum absolute atomic E-state index is 0.154. The fraction of sp³-hybridized carbons (Fsp3) is 0.947. The molecular formula is C19H39O7P. The summed E-state index contributed by atoms with van der Waals surface area (Å²) in [5, 5.41) is 9.43. The average Bonchev–Trinajstić information content (AvgIpc) is 2.72. The molecule has 8 heteroatoms. The summed E-state index contributed by atoms with van der Waals surface area (Å²) in [7, 11) is -4.69. The second-order valence-electron chi connectivity index (χ2n) is 6.23. The first kappa shape index (κ1) is 14.5. The number of carbonyl (C=O) groups excluding carboxylic acids is 1. The third kappa shape index (κ3) is 21.7. The molecule has 1 atom stereocenters. The molecule has 0 saturated heterocycles. The Morgan fingerprint density at radius 2 is 1.52 bits per heavy atom. The number of rotatable bonds is 19. The van der Waals surface area contributed by atoms with Crippen LogP contribution >= 0.6 is 7.82 Å². The molecular weight excluding hydrogens is 371 g/mol. The smallest absolute Gasteiger partial charge is 0.463 e. The molecule has 27 heavy (non-hydrogen) atoms. The molecule has 0 aliphatic heterocycles. The van der Waals surface area contributed by atoms with Crippen molar-refractivity contribution < 1.29 is 45.9 Å². The van der Waals surface area contributed by atoms with E-state index >= 15 is 0 Å². The monoisotopic (exact) mass is 419 g/mol. The van der Waals surface area contributed by atoms with Crippen LogP contribution in [0.1, 0.15) is 109 Å². The highest BCUT2D eigenvalue weighted by Crippen LogP contribution is 2.35. The molecule has 0 aliphatic carbocycles. The number of hydrogen-bond donors (Lipinski definition) is 3. The number of unbranched alkanes of at least 4 members (excludes halogenated alkanes) is 8. The van der Waals surface area contributed by atoms with Crippen LogP contribution < -0.4 is 0 Å².